The molecule has 3 radical (unpaired) electrons. The molecule has 0 aliphatic carbocycles. The molecular formula is C7H22BCl2N2O2. The smallest absolute Gasteiger partial charge is 0.0672 e. The van der Waals surface area contributed by atoms with Crippen LogP contribution in [0.2, 0.25) is 0 Å². The minimum atomic E-state index is -0.338. The Bertz CT molecular complexity index is 78.7. The number of quaternary nitrogens is 1. The zero-order chi connectivity index (χ0) is 9.28. The van der Waals surface area contributed by atoms with Crippen molar-refractivity contribution in [3.05, 3.63) is 0 Å². The summed E-state index contributed by atoms with van der Waals surface area (Å²) in [6.07, 6.45) is 0.116. The molecule has 0 saturated carbocycles. The Morgan fingerprint density at radius 3 is 1.64 bits per heavy atom. The standard InChI is InChI=1S/C4H9ClO.C3H9NO.B.ClH.H3N/c1-2-4(6)3-5;1-3(5)2-4;;;/h4,6H,2-3H2,1H3;3,5H,2,4H2,1H3;;1H;1H3. The quantitative estimate of drug-likeness (QED) is 0.323. The SMILES string of the molecule is CC(O)CN.CCC(O)CCl.[B].[Cl-].[NH4+]. The largest absolute Gasteiger partial charge is 1.00 e. The van der Waals surface area contributed by atoms with Crippen LogP contribution in [-0.2, 0) is 0 Å². The van der Waals surface area contributed by atoms with Crippen molar-refractivity contribution in [3.63, 3.8) is 0 Å². The first kappa shape index (κ1) is 29.3. The molecule has 0 aromatic rings. The van der Waals surface area contributed by atoms with E-state index in [0.717, 1.165) is 6.42 Å². The number of hydrogen-bond donors (Lipinski definition) is 4. The second kappa shape index (κ2) is 23.4. The molecule has 4 nitrogen and oxygen atoms in total. The molecule has 0 saturated heterocycles. The highest BCUT2D eigenvalue weighted by molar-refractivity contribution is 6.18. The fourth-order valence-electron chi connectivity index (χ4n) is 0.109. The van der Waals surface area contributed by atoms with E-state index in [9.17, 15) is 0 Å². The average molecular weight is 248 g/mol. The summed E-state index contributed by atoms with van der Waals surface area (Å²) in [7, 11) is 0. The number of halogens is 2. The van der Waals surface area contributed by atoms with E-state index in [0.29, 0.717) is 12.4 Å². The predicted octanol–water partition coefficient (Wildman–Crippen LogP) is -2.68. The molecule has 0 aliphatic heterocycles. The third kappa shape index (κ3) is 39.2. The fourth-order valence-corrected chi connectivity index (χ4v) is 0.327. The number of aliphatic hydroxyl groups excluding tert-OH is 2. The van der Waals surface area contributed by atoms with Crippen LogP contribution >= 0.6 is 11.6 Å². The lowest BCUT2D eigenvalue weighted by atomic mass is 10.3. The number of alkyl halides is 1. The Labute approximate surface area is 99.8 Å². The van der Waals surface area contributed by atoms with E-state index in [-0.39, 0.29) is 39.2 Å². The first-order valence-electron chi connectivity index (χ1n) is 3.70. The summed E-state index contributed by atoms with van der Waals surface area (Å²) in [5.74, 6) is 0.358. The van der Waals surface area contributed by atoms with Gasteiger partial charge in [-0.3, -0.25) is 0 Å². The van der Waals surface area contributed by atoms with E-state index in [1.165, 1.54) is 0 Å². The lowest BCUT2D eigenvalue weighted by Gasteiger charge is -1.96. The van der Waals surface area contributed by atoms with Gasteiger partial charge in [0.1, 0.15) is 0 Å². The van der Waals surface area contributed by atoms with Gasteiger partial charge in [-0.15, -0.1) is 11.6 Å². The molecule has 0 spiro atoms. The van der Waals surface area contributed by atoms with Gasteiger partial charge in [-0.2, -0.15) is 0 Å². The first-order valence-corrected chi connectivity index (χ1v) is 4.24. The Kier molecular flexibility index (Phi) is 48.9. The highest BCUT2D eigenvalue weighted by atomic mass is 35.5. The summed E-state index contributed by atoms with van der Waals surface area (Å²) in [5.41, 5.74) is 4.92. The summed E-state index contributed by atoms with van der Waals surface area (Å²) in [5, 5.41) is 16.8. The van der Waals surface area contributed by atoms with Crippen LogP contribution in [0.4, 0.5) is 0 Å². The summed E-state index contributed by atoms with van der Waals surface area (Å²) in [4.78, 5) is 0. The van der Waals surface area contributed by atoms with E-state index in [1.807, 2.05) is 6.92 Å². The van der Waals surface area contributed by atoms with Gasteiger partial charge in [0, 0.05) is 20.8 Å². The maximum Gasteiger partial charge on any atom is 0.0672 e. The number of aliphatic hydroxyl groups is 2. The van der Waals surface area contributed by atoms with Crippen molar-refractivity contribution in [2.24, 2.45) is 5.73 Å². The molecule has 14 heavy (non-hydrogen) atoms. The summed E-state index contributed by atoms with van der Waals surface area (Å²) < 4.78 is 0. The molecule has 2 atom stereocenters. The molecule has 89 valence electrons. The van der Waals surface area contributed by atoms with E-state index in [2.05, 4.69) is 0 Å². The van der Waals surface area contributed by atoms with E-state index >= 15 is 0 Å². The van der Waals surface area contributed by atoms with Crippen molar-refractivity contribution < 1.29 is 22.6 Å². The van der Waals surface area contributed by atoms with Gasteiger partial charge in [0.2, 0.25) is 0 Å². The third-order valence-corrected chi connectivity index (χ3v) is 1.35. The molecule has 0 bridgehead atoms. The zero-order valence-electron chi connectivity index (χ0n) is 9.08. The van der Waals surface area contributed by atoms with Gasteiger partial charge in [-0.05, 0) is 13.3 Å². The molecular weight excluding hydrogens is 226 g/mol. The van der Waals surface area contributed by atoms with Gasteiger partial charge in [-0.1, -0.05) is 6.92 Å². The Morgan fingerprint density at radius 1 is 1.36 bits per heavy atom. The van der Waals surface area contributed by atoms with Gasteiger partial charge in [0.05, 0.1) is 12.2 Å². The van der Waals surface area contributed by atoms with Crippen molar-refractivity contribution in [1.82, 2.24) is 6.15 Å². The minimum Gasteiger partial charge on any atom is -1.00 e. The average Bonchev–Trinajstić information content (AvgIpc) is 2.04. The lowest BCUT2D eigenvalue weighted by molar-refractivity contribution is -0.00000710. The number of hydrogen-bond acceptors (Lipinski definition) is 3. The van der Waals surface area contributed by atoms with Crippen molar-refractivity contribution in [2.75, 3.05) is 12.4 Å². The van der Waals surface area contributed by atoms with Crippen LogP contribution < -0.4 is 24.3 Å². The highest BCUT2D eigenvalue weighted by Crippen LogP contribution is 1.90. The first-order chi connectivity index (χ1) is 5.08. The molecule has 0 aliphatic rings. The molecule has 2 unspecified atom stereocenters. The van der Waals surface area contributed by atoms with Crippen LogP contribution in [0.25, 0.3) is 0 Å². The van der Waals surface area contributed by atoms with Gasteiger partial charge >= 0.3 is 0 Å². The Morgan fingerprint density at radius 2 is 1.64 bits per heavy atom. The van der Waals surface area contributed by atoms with Gasteiger partial charge in [0.25, 0.3) is 0 Å². The number of rotatable bonds is 3. The second-order valence-electron chi connectivity index (χ2n) is 2.30. The van der Waals surface area contributed by atoms with E-state index < -0.39 is 0 Å². The maximum absolute atomic E-state index is 8.53. The van der Waals surface area contributed by atoms with Crippen LogP contribution in [0.3, 0.4) is 0 Å². The highest BCUT2D eigenvalue weighted by Gasteiger charge is 1.92. The van der Waals surface area contributed by atoms with Crippen molar-refractivity contribution in [2.45, 2.75) is 32.5 Å². The third-order valence-electron chi connectivity index (χ3n) is 0.990. The van der Waals surface area contributed by atoms with E-state index in [1.54, 1.807) is 6.92 Å². The fraction of sp³-hybridized carbons (Fsp3) is 1.00. The van der Waals surface area contributed by atoms with Gasteiger partial charge < -0.3 is 34.5 Å². The molecule has 7 heteroatoms. The van der Waals surface area contributed by atoms with Crippen molar-refractivity contribution >= 4 is 20.0 Å². The number of nitrogens with two attached hydrogens (primary N) is 1. The summed E-state index contributed by atoms with van der Waals surface area (Å²) >= 11 is 5.20. The lowest BCUT2D eigenvalue weighted by Crippen LogP contribution is -3.00. The van der Waals surface area contributed by atoms with Crippen LogP contribution in [0.15, 0.2) is 0 Å². The molecule has 8 N–H and O–H groups in total. The van der Waals surface area contributed by atoms with Crippen LogP contribution in [0.5, 0.6) is 0 Å². The normalized spacial score (nSPS) is 11.6. The summed E-state index contributed by atoms with van der Waals surface area (Å²) in [6, 6.07) is 0. The van der Waals surface area contributed by atoms with E-state index in [4.69, 9.17) is 27.5 Å². The molecule has 0 fully saturated rings. The van der Waals surface area contributed by atoms with Gasteiger partial charge in [0.15, 0.2) is 0 Å². The monoisotopic (exact) mass is 247 g/mol. The predicted molar refractivity (Wildman–Crippen MR) is 59.5 cm³/mol. The second-order valence-corrected chi connectivity index (χ2v) is 2.61. The minimum absolute atomic E-state index is 0. The van der Waals surface area contributed by atoms with Crippen LogP contribution in [0, 0.1) is 0 Å². The van der Waals surface area contributed by atoms with Gasteiger partial charge in [-0.25, -0.2) is 0 Å². The van der Waals surface area contributed by atoms with Crippen molar-refractivity contribution in [1.29, 1.82) is 0 Å². The Balaban J connectivity index is -0.0000000321. The molecule has 0 rings (SSSR count). The zero-order valence-corrected chi connectivity index (χ0v) is 10.6. The topological polar surface area (TPSA) is 103 Å². The molecule has 0 heterocycles. The molecule has 0 amide bonds. The summed E-state index contributed by atoms with van der Waals surface area (Å²) in [6.45, 7) is 3.91. The van der Waals surface area contributed by atoms with Crippen LogP contribution in [0.1, 0.15) is 20.3 Å². The molecule has 0 aromatic carbocycles. The Hall–Kier alpha value is 0.485. The maximum atomic E-state index is 8.53. The van der Waals surface area contributed by atoms with Crippen LogP contribution in [-0.4, -0.2) is 43.3 Å². The van der Waals surface area contributed by atoms with Crippen molar-refractivity contribution in [3.8, 4) is 0 Å². The molecule has 0 aromatic heterocycles.